The van der Waals surface area contributed by atoms with E-state index in [1.807, 2.05) is 0 Å². The summed E-state index contributed by atoms with van der Waals surface area (Å²) < 4.78 is 0. The van der Waals surface area contributed by atoms with Crippen molar-refractivity contribution in [1.29, 1.82) is 0 Å². The fraction of sp³-hybridized carbons (Fsp3) is 0.0741. The van der Waals surface area contributed by atoms with E-state index < -0.39 is 0 Å². The number of benzene rings is 9. The molecule has 2 heteroatoms. The number of hydrogen-bond donors (Lipinski definition) is 0. The fourth-order valence-corrected chi connectivity index (χ4v) is 7.76. The molecular weight excluding hydrogens is 677 g/mol. The van der Waals surface area contributed by atoms with Crippen LogP contribution in [0.4, 0.5) is 34.1 Å². The van der Waals surface area contributed by atoms with Crippen LogP contribution < -0.4 is 9.80 Å². The Morgan fingerprint density at radius 3 is 1.43 bits per heavy atom. The Labute approximate surface area is 330 Å². The molecule has 0 N–H and O–H groups in total. The van der Waals surface area contributed by atoms with Crippen LogP contribution in [0.15, 0.2) is 200 Å². The molecule has 270 valence electrons. The van der Waals surface area contributed by atoms with Crippen molar-refractivity contribution in [3.63, 3.8) is 0 Å². The summed E-state index contributed by atoms with van der Waals surface area (Å²) in [6.45, 7) is 6.80. The van der Waals surface area contributed by atoms with Crippen molar-refractivity contribution in [1.82, 2.24) is 0 Å². The van der Waals surface area contributed by atoms with Crippen LogP contribution in [0.5, 0.6) is 0 Å². The summed E-state index contributed by atoms with van der Waals surface area (Å²) in [5.74, 6) is 0. The van der Waals surface area contributed by atoms with Gasteiger partial charge < -0.3 is 9.80 Å². The van der Waals surface area contributed by atoms with Gasteiger partial charge in [-0.1, -0.05) is 166 Å². The molecule has 2 nitrogen and oxygen atoms in total. The Bertz CT molecular complexity index is 2810. The Morgan fingerprint density at radius 1 is 0.339 bits per heavy atom. The monoisotopic (exact) mass is 720 g/mol. The molecule has 9 rings (SSSR count). The topological polar surface area (TPSA) is 6.48 Å². The summed E-state index contributed by atoms with van der Waals surface area (Å²) in [5.41, 5.74) is 10.5. The smallest absolute Gasteiger partial charge is 0.0546 e. The van der Waals surface area contributed by atoms with Crippen molar-refractivity contribution in [2.24, 2.45) is 0 Å². The van der Waals surface area contributed by atoms with Gasteiger partial charge in [-0.25, -0.2) is 0 Å². The number of nitrogens with zero attached hydrogens (tertiary/aromatic N) is 2. The van der Waals surface area contributed by atoms with Crippen LogP contribution >= 0.6 is 0 Å². The van der Waals surface area contributed by atoms with Gasteiger partial charge in [-0.2, -0.15) is 0 Å². The maximum atomic E-state index is 2.40. The lowest BCUT2D eigenvalue weighted by Gasteiger charge is -2.28. The lowest BCUT2D eigenvalue weighted by molar-refractivity contribution is 0.590. The lowest BCUT2D eigenvalue weighted by Crippen LogP contribution is -2.13. The summed E-state index contributed by atoms with van der Waals surface area (Å²) in [5, 5.41) is 7.44. The van der Waals surface area contributed by atoms with Gasteiger partial charge in [0, 0.05) is 33.8 Å². The largest absolute Gasteiger partial charge is 0.310 e. The van der Waals surface area contributed by atoms with Gasteiger partial charge in [-0.3, -0.25) is 0 Å². The van der Waals surface area contributed by atoms with Gasteiger partial charge in [0.05, 0.1) is 5.69 Å². The minimum absolute atomic E-state index is 0.0752. The zero-order valence-electron chi connectivity index (χ0n) is 32.1. The van der Waals surface area contributed by atoms with E-state index in [4.69, 9.17) is 0 Å². The number of fused-ring (bicyclic) bond motifs is 4. The number of rotatable bonds is 8. The molecule has 0 radical (unpaired) electrons. The van der Waals surface area contributed by atoms with Crippen LogP contribution in [0.25, 0.3) is 44.5 Å². The molecule has 0 bridgehead atoms. The molecule has 0 amide bonds. The predicted octanol–water partition coefficient (Wildman–Crippen LogP) is 15.6. The minimum atomic E-state index is 0.0752. The van der Waals surface area contributed by atoms with Crippen molar-refractivity contribution in [3.05, 3.63) is 217 Å². The highest BCUT2D eigenvalue weighted by Gasteiger charge is 2.19. The number of hydrogen-bond acceptors (Lipinski definition) is 2. The molecule has 0 aliphatic carbocycles. The number of para-hydroxylation sites is 1. The first-order valence-corrected chi connectivity index (χ1v) is 19.4. The summed E-state index contributed by atoms with van der Waals surface area (Å²) in [6.07, 6.45) is 4.40. The Kier molecular flexibility index (Phi) is 9.17. The summed E-state index contributed by atoms with van der Waals surface area (Å²) in [6, 6.07) is 72.4. The maximum absolute atomic E-state index is 2.40. The standard InChI is InChI=1S/C54H44N2/c1-54(2,3)44-28-35-48(36-29-44)56(53-38-43-15-9-10-18-50(43)51-19-11-12-20-52(51)53)47-32-25-40(26-33-47)22-21-39-23-30-46(31-24-39)55(45-16-5-4-6-17-45)49-34-27-41-13-7-8-14-42(41)37-49/h4-38H,1-3H3. The van der Waals surface area contributed by atoms with E-state index in [1.165, 1.54) is 43.6 Å². The Morgan fingerprint density at radius 2 is 0.804 bits per heavy atom. The second-order valence-electron chi connectivity index (χ2n) is 15.5. The average molecular weight is 721 g/mol. The first-order valence-electron chi connectivity index (χ1n) is 19.4. The third-order valence-electron chi connectivity index (χ3n) is 10.8. The third kappa shape index (κ3) is 6.94. The summed E-state index contributed by atoms with van der Waals surface area (Å²) >= 11 is 0. The molecule has 0 aliphatic rings. The van der Waals surface area contributed by atoms with Crippen LogP contribution in [0.1, 0.15) is 37.5 Å². The molecule has 56 heavy (non-hydrogen) atoms. The van der Waals surface area contributed by atoms with Crippen molar-refractivity contribution < 1.29 is 0 Å². The lowest BCUT2D eigenvalue weighted by atomic mass is 9.87. The summed E-state index contributed by atoms with van der Waals surface area (Å²) in [7, 11) is 0. The molecule has 0 saturated carbocycles. The molecule has 0 aliphatic heterocycles. The normalized spacial score (nSPS) is 11.8. The second-order valence-corrected chi connectivity index (χ2v) is 15.5. The molecule has 0 spiro atoms. The predicted molar refractivity (Wildman–Crippen MR) is 242 cm³/mol. The molecular formula is C54H44N2. The maximum Gasteiger partial charge on any atom is 0.0546 e. The molecule has 0 heterocycles. The van der Waals surface area contributed by atoms with Crippen LogP contribution in [0.3, 0.4) is 0 Å². The highest BCUT2D eigenvalue weighted by atomic mass is 15.1. The quantitative estimate of drug-likeness (QED) is 0.114. The van der Waals surface area contributed by atoms with Crippen molar-refractivity contribution >= 4 is 78.6 Å². The van der Waals surface area contributed by atoms with Gasteiger partial charge >= 0.3 is 0 Å². The van der Waals surface area contributed by atoms with E-state index in [2.05, 4.69) is 243 Å². The van der Waals surface area contributed by atoms with Crippen molar-refractivity contribution in [2.75, 3.05) is 9.80 Å². The van der Waals surface area contributed by atoms with Gasteiger partial charge in [-0.15, -0.1) is 0 Å². The highest BCUT2D eigenvalue weighted by molar-refractivity contribution is 6.14. The highest BCUT2D eigenvalue weighted by Crippen LogP contribution is 2.43. The second kappa shape index (κ2) is 14.7. The van der Waals surface area contributed by atoms with Crippen LogP contribution in [-0.2, 0) is 5.41 Å². The molecule has 9 aromatic carbocycles. The van der Waals surface area contributed by atoms with Gasteiger partial charge in [0.2, 0.25) is 0 Å². The van der Waals surface area contributed by atoms with Gasteiger partial charge in [0.15, 0.2) is 0 Å². The molecule has 0 aromatic heterocycles. The minimum Gasteiger partial charge on any atom is -0.310 e. The molecule has 9 aromatic rings. The fourth-order valence-electron chi connectivity index (χ4n) is 7.76. The van der Waals surface area contributed by atoms with Crippen molar-refractivity contribution in [2.45, 2.75) is 26.2 Å². The average Bonchev–Trinajstić information content (AvgIpc) is 3.24. The summed E-state index contributed by atoms with van der Waals surface area (Å²) in [4.78, 5) is 4.72. The van der Waals surface area contributed by atoms with E-state index in [9.17, 15) is 0 Å². The Balaban J connectivity index is 1.03. The molecule has 0 fully saturated rings. The van der Waals surface area contributed by atoms with E-state index in [0.717, 1.165) is 39.6 Å². The molecule has 0 saturated heterocycles. The van der Waals surface area contributed by atoms with Gasteiger partial charge in [-0.05, 0) is 116 Å². The Hall–Kier alpha value is -6.90. The van der Waals surface area contributed by atoms with Gasteiger partial charge in [0.25, 0.3) is 0 Å². The first-order chi connectivity index (χ1) is 27.4. The number of anilines is 6. The zero-order valence-corrected chi connectivity index (χ0v) is 32.1. The van der Waals surface area contributed by atoms with Crippen LogP contribution in [-0.4, -0.2) is 0 Å². The van der Waals surface area contributed by atoms with Crippen LogP contribution in [0, 0.1) is 0 Å². The van der Waals surface area contributed by atoms with E-state index in [0.29, 0.717) is 0 Å². The van der Waals surface area contributed by atoms with Gasteiger partial charge in [0.1, 0.15) is 0 Å². The van der Waals surface area contributed by atoms with E-state index in [-0.39, 0.29) is 5.41 Å². The SMILES string of the molecule is CC(C)(C)c1ccc(N(c2ccc(C=Cc3ccc(N(c4ccccc4)c4ccc5ccccc5c4)cc3)cc2)c2cc3ccccc3c3ccccc23)cc1. The van der Waals surface area contributed by atoms with Crippen LogP contribution in [0.2, 0.25) is 0 Å². The molecule has 0 atom stereocenters. The first kappa shape index (κ1) is 34.8. The van der Waals surface area contributed by atoms with E-state index >= 15 is 0 Å². The zero-order chi connectivity index (χ0) is 38.1. The van der Waals surface area contributed by atoms with Crippen molar-refractivity contribution in [3.8, 4) is 0 Å². The molecule has 0 unspecified atom stereocenters. The van der Waals surface area contributed by atoms with E-state index in [1.54, 1.807) is 0 Å². The third-order valence-corrected chi connectivity index (χ3v) is 10.8.